The standard InChI is InChI=1S/C14H19NO2/c1-14(2,15)13(16)9-12-11-6-4-3-5-10(11)7-8-17-12/h3-6,12H,7-9,15H2,1-2H3. The van der Waals surface area contributed by atoms with Gasteiger partial charge in [0.15, 0.2) is 5.78 Å². The molecule has 0 spiro atoms. The van der Waals surface area contributed by atoms with Crippen LogP contribution in [0, 0.1) is 0 Å². The van der Waals surface area contributed by atoms with Crippen LogP contribution in [0.5, 0.6) is 0 Å². The Hall–Kier alpha value is -1.19. The Balaban J connectivity index is 2.17. The summed E-state index contributed by atoms with van der Waals surface area (Å²) in [5.41, 5.74) is 7.45. The van der Waals surface area contributed by atoms with Crippen molar-refractivity contribution in [1.29, 1.82) is 0 Å². The summed E-state index contributed by atoms with van der Waals surface area (Å²) in [5.74, 6) is 0.0409. The predicted molar refractivity (Wildman–Crippen MR) is 66.7 cm³/mol. The second kappa shape index (κ2) is 4.59. The van der Waals surface area contributed by atoms with E-state index in [9.17, 15) is 4.79 Å². The molecule has 1 heterocycles. The van der Waals surface area contributed by atoms with Crippen LogP contribution in [-0.4, -0.2) is 17.9 Å². The second-order valence-electron chi connectivity index (χ2n) is 5.16. The first-order valence-electron chi connectivity index (χ1n) is 6.00. The highest BCUT2D eigenvalue weighted by atomic mass is 16.5. The summed E-state index contributed by atoms with van der Waals surface area (Å²) in [7, 11) is 0. The van der Waals surface area contributed by atoms with Crippen LogP contribution in [0.2, 0.25) is 0 Å². The average Bonchev–Trinajstić information content (AvgIpc) is 2.28. The maximum Gasteiger partial charge on any atom is 0.155 e. The third-order valence-electron chi connectivity index (χ3n) is 3.18. The summed E-state index contributed by atoms with van der Waals surface area (Å²) in [6, 6.07) is 8.15. The Morgan fingerprint density at radius 1 is 1.47 bits per heavy atom. The van der Waals surface area contributed by atoms with Crippen molar-refractivity contribution < 1.29 is 9.53 Å². The lowest BCUT2D eigenvalue weighted by atomic mass is 9.90. The summed E-state index contributed by atoms with van der Waals surface area (Å²) in [4.78, 5) is 11.9. The normalized spacial score (nSPS) is 19.8. The lowest BCUT2D eigenvalue weighted by Crippen LogP contribution is -2.42. The molecule has 2 rings (SSSR count). The van der Waals surface area contributed by atoms with E-state index >= 15 is 0 Å². The molecular weight excluding hydrogens is 214 g/mol. The molecule has 0 fully saturated rings. The third kappa shape index (κ3) is 2.73. The zero-order valence-electron chi connectivity index (χ0n) is 10.4. The van der Waals surface area contributed by atoms with Crippen LogP contribution in [0.25, 0.3) is 0 Å². The van der Waals surface area contributed by atoms with E-state index in [1.165, 1.54) is 5.56 Å². The first-order chi connectivity index (χ1) is 7.98. The zero-order valence-corrected chi connectivity index (χ0v) is 10.4. The van der Waals surface area contributed by atoms with Crippen molar-refractivity contribution in [2.75, 3.05) is 6.61 Å². The first kappa shape index (κ1) is 12.3. The van der Waals surface area contributed by atoms with Crippen LogP contribution in [-0.2, 0) is 16.0 Å². The zero-order chi connectivity index (χ0) is 12.5. The maximum atomic E-state index is 11.9. The molecule has 1 aliphatic rings. The summed E-state index contributed by atoms with van der Waals surface area (Å²) >= 11 is 0. The Morgan fingerprint density at radius 3 is 2.88 bits per heavy atom. The molecule has 3 nitrogen and oxygen atoms in total. The fourth-order valence-corrected chi connectivity index (χ4v) is 2.08. The predicted octanol–water partition coefficient (Wildman–Crippen LogP) is 2.00. The SMILES string of the molecule is CC(C)(N)C(=O)CC1OCCc2ccccc21. The van der Waals surface area contributed by atoms with Gasteiger partial charge in [-0.2, -0.15) is 0 Å². The van der Waals surface area contributed by atoms with E-state index in [2.05, 4.69) is 6.07 Å². The molecule has 0 saturated heterocycles. The summed E-state index contributed by atoms with van der Waals surface area (Å²) in [6.45, 7) is 4.16. The molecule has 0 aromatic heterocycles. The molecule has 3 heteroatoms. The van der Waals surface area contributed by atoms with Crippen molar-refractivity contribution >= 4 is 5.78 Å². The number of Topliss-reactive ketones (excluding diaryl/α,β-unsaturated/α-hetero) is 1. The van der Waals surface area contributed by atoms with E-state index in [-0.39, 0.29) is 11.9 Å². The van der Waals surface area contributed by atoms with Gasteiger partial charge in [-0.3, -0.25) is 4.79 Å². The van der Waals surface area contributed by atoms with E-state index in [1.54, 1.807) is 13.8 Å². The van der Waals surface area contributed by atoms with Crippen molar-refractivity contribution in [2.24, 2.45) is 5.73 Å². The lowest BCUT2D eigenvalue weighted by molar-refractivity contribution is -0.126. The number of ether oxygens (including phenoxy) is 1. The number of carbonyl (C=O) groups is 1. The summed E-state index contributed by atoms with van der Waals surface area (Å²) in [6.07, 6.45) is 1.16. The van der Waals surface area contributed by atoms with Crippen LogP contribution in [0.4, 0.5) is 0 Å². The molecule has 1 aromatic carbocycles. The van der Waals surface area contributed by atoms with Gasteiger partial charge in [0, 0.05) is 6.42 Å². The fourth-order valence-electron chi connectivity index (χ4n) is 2.08. The van der Waals surface area contributed by atoms with Crippen LogP contribution < -0.4 is 5.73 Å². The van der Waals surface area contributed by atoms with Crippen molar-refractivity contribution in [3.63, 3.8) is 0 Å². The first-order valence-corrected chi connectivity index (χ1v) is 6.00. The average molecular weight is 233 g/mol. The smallest absolute Gasteiger partial charge is 0.155 e. The van der Waals surface area contributed by atoms with Crippen LogP contribution in [0.15, 0.2) is 24.3 Å². The molecule has 2 N–H and O–H groups in total. The van der Waals surface area contributed by atoms with Gasteiger partial charge in [0.25, 0.3) is 0 Å². The Bertz CT molecular complexity index is 420. The lowest BCUT2D eigenvalue weighted by Gasteiger charge is -2.27. The van der Waals surface area contributed by atoms with Crippen molar-refractivity contribution in [1.82, 2.24) is 0 Å². The van der Waals surface area contributed by atoms with E-state index in [0.29, 0.717) is 13.0 Å². The molecule has 0 aliphatic carbocycles. The van der Waals surface area contributed by atoms with E-state index in [1.807, 2.05) is 18.2 Å². The molecular formula is C14H19NO2. The Morgan fingerprint density at radius 2 is 2.18 bits per heavy atom. The second-order valence-corrected chi connectivity index (χ2v) is 5.16. The topological polar surface area (TPSA) is 52.3 Å². The van der Waals surface area contributed by atoms with Gasteiger partial charge in [-0.25, -0.2) is 0 Å². The number of benzene rings is 1. The maximum absolute atomic E-state index is 11.9. The molecule has 0 bridgehead atoms. The molecule has 0 radical (unpaired) electrons. The number of fused-ring (bicyclic) bond motifs is 1. The minimum absolute atomic E-state index is 0.0409. The summed E-state index contributed by atoms with van der Waals surface area (Å²) in [5, 5.41) is 0. The largest absolute Gasteiger partial charge is 0.373 e. The number of carbonyl (C=O) groups excluding carboxylic acids is 1. The Kier molecular flexibility index (Phi) is 3.31. The molecule has 1 unspecified atom stereocenters. The van der Waals surface area contributed by atoms with Crippen LogP contribution in [0.3, 0.4) is 0 Å². The number of nitrogens with two attached hydrogens (primary N) is 1. The van der Waals surface area contributed by atoms with E-state index in [4.69, 9.17) is 10.5 Å². The highest BCUT2D eigenvalue weighted by Crippen LogP contribution is 2.30. The number of hydrogen-bond acceptors (Lipinski definition) is 3. The highest BCUT2D eigenvalue weighted by Gasteiger charge is 2.28. The molecule has 0 amide bonds. The minimum atomic E-state index is -0.782. The molecule has 92 valence electrons. The van der Waals surface area contributed by atoms with Gasteiger partial charge in [-0.05, 0) is 31.4 Å². The third-order valence-corrected chi connectivity index (χ3v) is 3.18. The number of ketones is 1. The number of hydrogen-bond donors (Lipinski definition) is 1. The molecule has 1 aromatic rings. The fraction of sp³-hybridized carbons (Fsp3) is 0.500. The van der Waals surface area contributed by atoms with E-state index < -0.39 is 5.54 Å². The summed E-state index contributed by atoms with van der Waals surface area (Å²) < 4.78 is 5.69. The Labute approximate surface area is 102 Å². The van der Waals surface area contributed by atoms with Crippen molar-refractivity contribution in [3.8, 4) is 0 Å². The van der Waals surface area contributed by atoms with Crippen LogP contribution in [0.1, 0.15) is 37.5 Å². The van der Waals surface area contributed by atoms with Gasteiger partial charge >= 0.3 is 0 Å². The van der Waals surface area contributed by atoms with Gasteiger partial charge in [-0.1, -0.05) is 24.3 Å². The quantitative estimate of drug-likeness (QED) is 0.868. The van der Waals surface area contributed by atoms with Crippen molar-refractivity contribution in [3.05, 3.63) is 35.4 Å². The van der Waals surface area contributed by atoms with Gasteiger partial charge in [-0.15, -0.1) is 0 Å². The highest BCUT2D eigenvalue weighted by molar-refractivity contribution is 5.87. The minimum Gasteiger partial charge on any atom is -0.373 e. The van der Waals surface area contributed by atoms with Gasteiger partial charge in [0.2, 0.25) is 0 Å². The molecule has 1 aliphatic heterocycles. The molecule has 17 heavy (non-hydrogen) atoms. The van der Waals surface area contributed by atoms with E-state index in [0.717, 1.165) is 12.0 Å². The van der Waals surface area contributed by atoms with Gasteiger partial charge in [0.05, 0.1) is 18.2 Å². The van der Waals surface area contributed by atoms with Crippen molar-refractivity contribution in [2.45, 2.75) is 38.3 Å². The molecule has 1 atom stereocenters. The van der Waals surface area contributed by atoms with Gasteiger partial charge < -0.3 is 10.5 Å². The van der Waals surface area contributed by atoms with Gasteiger partial charge in [0.1, 0.15) is 0 Å². The molecule has 0 saturated carbocycles. The van der Waals surface area contributed by atoms with Crippen LogP contribution >= 0.6 is 0 Å². The monoisotopic (exact) mass is 233 g/mol. The number of rotatable bonds is 3.